The number of alkyl halides is 2. The SMILES string of the molecule is Cc1ccccc1C(C)(CN)C(F)F. The lowest BCUT2D eigenvalue weighted by molar-refractivity contribution is 0.0634. The van der Waals surface area contributed by atoms with Gasteiger partial charge in [0.15, 0.2) is 0 Å². The topological polar surface area (TPSA) is 26.0 Å². The summed E-state index contributed by atoms with van der Waals surface area (Å²) < 4.78 is 25.7. The molecule has 0 spiro atoms. The van der Waals surface area contributed by atoms with E-state index in [2.05, 4.69) is 0 Å². The van der Waals surface area contributed by atoms with Gasteiger partial charge in [0.05, 0.1) is 5.41 Å². The van der Waals surface area contributed by atoms with E-state index in [9.17, 15) is 8.78 Å². The number of aryl methyl sites for hydroxylation is 1. The van der Waals surface area contributed by atoms with Gasteiger partial charge in [-0.3, -0.25) is 0 Å². The monoisotopic (exact) mass is 199 g/mol. The van der Waals surface area contributed by atoms with Crippen LogP contribution in [0.2, 0.25) is 0 Å². The molecule has 0 fully saturated rings. The van der Waals surface area contributed by atoms with Gasteiger partial charge >= 0.3 is 0 Å². The molecule has 0 saturated heterocycles. The van der Waals surface area contributed by atoms with Crippen LogP contribution in [-0.4, -0.2) is 13.0 Å². The summed E-state index contributed by atoms with van der Waals surface area (Å²) in [6, 6.07) is 7.14. The normalized spacial score (nSPS) is 15.6. The summed E-state index contributed by atoms with van der Waals surface area (Å²) in [5.74, 6) is 0. The maximum atomic E-state index is 12.9. The van der Waals surface area contributed by atoms with Crippen molar-refractivity contribution in [2.24, 2.45) is 5.73 Å². The molecular weight excluding hydrogens is 184 g/mol. The van der Waals surface area contributed by atoms with Crippen molar-refractivity contribution in [3.8, 4) is 0 Å². The van der Waals surface area contributed by atoms with Gasteiger partial charge in [0.2, 0.25) is 6.43 Å². The molecule has 1 aromatic rings. The number of hydrogen-bond acceptors (Lipinski definition) is 1. The second-order valence-electron chi connectivity index (χ2n) is 3.74. The molecule has 0 aromatic heterocycles. The molecule has 78 valence electrons. The van der Waals surface area contributed by atoms with Gasteiger partial charge in [-0.05, 0) is 25.0 Å². The quantitative estimate of drug-likeness (QED) is 0.795. The summed E-state index contributed by atoms with van der Waals surface area (Å²) >= 11 is 0. The molecule has 1 rings (SSSR count). The molecule has 1 nitrogen and oxygen atoms in total. The molecule has 14 heavy (non-hydrogen) atoms. The summed E-state index contributed by atoms with van der Waals surface area (Å²) in [7, 11) is 0. The summed E-state index contributed by atoms with van der Waals surface area (Å²) in [5.41, 5.74) is 5.70. The lowest BCUT2D eigenvalue weighted by Crippen LogP contribution is -2.39. The van der Waals surface area contributed by atoms with Crippen LogP contribution in [0.4, 0.5) is 8.78 Å². The van der Waals surface area contributed by atoms with Crippen molar-refractivity contribution in [1.29, 1.82) is 0 Å². The molecule has 1 atom stereocenters. The lowest BCUT2D eigenvalue weighted by Gasteiger charge is -2.29. The Morgan fingerprint density at radius 1 is 1.36 bits per heavy atom. The fraction of sp³-hybridized carbons (Fsp3) is 0.455. The highest BCUT2D eigenvalue weighted by atomic mass is 19.3. The van der Waals surface area contributed by atoms with E-state index in [1.165, 1.54) is 6.92 Å². The summed E-state index contributed by atoms with van der Waals surface area (Å²) in [6.07, 6.45) is -2.44. The fourth-order valence-corrected chi connectivity index (χ4v) is 1.53. The Labute approximate surface area is 82.9 Å². The molecule has 0 aliphatic carbocycles. The second kappa shape index (κ2) is 4.05. The molecule has 0 saturated carbocycles. The van der Waals surface area contributed by atoms with E-state index >= 15 is 0 Å². The largest absolute Gasteiger partial charge is 0.329 e. The van der Waals surface area contributed by atoms with Gasteiger partial charge in [-0.2, -0.15) is 0 Å². The lowest BCUT2D eigenvalue weighted by atomic mass is 9.80. The van der Waals surface area contributed by atoms with Gasteiger partial charge in [0.25, 0.3) is 0 Å². The summed E-state index contributed by atoms with van der Waals surface area (Å²) in [4.78, 5) is 0. The van der Waals surface area contributed by atoms with Gasteiger partial charge in [0, 0.05) is 6.54 Å². The van der Waals surface area contributed by atoms with Crippen LogP contribution in [-0.2, 0) is 5.41 Å². The Morgan fingerprint density at radius 3 is 2.36 bits per heavy atom. The number of nitrogens with two attached hydrogens (primary N) is 1. The number of hydrogen-bond donors (Lipinski definition) is 1. The number of benzene rings is 1. The molecule has 1 aromatic carbocycles. The van der Waals surface area contributed by atoms with Crippen molar-refractivity contribution in [2.45, 2.75) is 25.7 Å². The van der Waals surface area contributed by atoms with Crippen molar-refractivity contribution in [3.63, 3.8) is 0 Å². The van der Waals surface area contributed by atoms with E-state index in [0.29, 0.717) is 5.56 Å². The van der Waals surface area contributed by atoms with Crippen molar-refractivity contribution in [1.82, 2.24) is 0 Å². The second-order valence-corrected chi connectivity index (χ2v) is 3.74. The zero-order valence-corrected chi connectivity index (χ0v) is 8.43. The highest BCUT2D eigenvalue weighted by Gasteiger charge is 2.36. The first kappa shape index (κ1) is 11.1. The predicted molar refractivity (Wildman–Crippen MR) is 53.6 cm³/mol. The molecular formula is C11H15F2N. The van der Waals surface area contributed by atoms with Crippen molar-refractivity contribution >= 4 is 0 Å². The van der Waals surface area contributed by atoms with Gasteiger partial charge < -0.3 is 5.73 Å². The first-order chi connectivity index (χ1) is 6.52. The maximum absolute atomic E-state index is 12.9. The van der Waals surface area contributed by atoms with E-state index < -0.39 is 11.8 Å². The predicted octanol–water partition coefficient (Wildman–Crippen LogP) is 2.48. The zero-order valence-electron chi connectivity index (χ0n) is 8.43. The molecule has 0 bridgehead atoms. The van der Waals surface area contributed by atoms with Crippen LogP contribution in [0, 0.1) is 6.92 Å². The standard InChI is InChI=1S/C11H15F2N/c1-8-5-3-4-6-9(8)11(2,7-14)10(12)13/h3-6,10H,7,14H2,1-2H3. The van der Waals surface area contributed by atoms with Crippen molar-refractivity contribution in [3.05, 3.63) is 35.4 Å². The van der Waals surface area contributed by atoms with Crippen LogP contribution in [0.25, 0.3) is 0 Å². The van der Waals surface area contributed by atoms with Gasteiger partial charge in [-0.25, -0.2) is 8.78 Å². The Balaban J connectivity index is 3.19. The van der Waals surface area contributed by atoms with E-state index in [-0.39, 0.29) is 6.54 Å². The smallest absolute Gasteiger partial charge is 0.249 e. The Bertz CT molecular complexity index is 312. The van der Waals surface area contributed by atoms with E-state index in [1.54, 1.807) is 12.1 Å². The highest BCUT2D eigenvalue weighted by molar-refractivity contribution is 5.33. The van der Waals surface area contributed by atoms with Crippen LogP contribution in [0.5, 0.6) is 0 Å². The van der Waals surface area contributed by atoms with E-state index in [4.69, 9.17) is 5.73 Å². The van der Waals surface area contributed by atoms with Gasteiger partial charge in [0.1, 0.15) is 0 Å². The number of rotatable bonds is 3. The molecule has 0 radical (unpaired) electrons. The first-order valence-electron chi connectivity index (χ1n) is 4.56. The molecule has 0 aliphatic heterocycles. The minimum Gasteiger partial charge on any atom is -0.329 e. The fourth-order valence-electron chi connectivity index (χ4n) is 1.53. The highest BCUT2D eigenvalue weighted by Crippen LogP contribution is 2.31. The maximum Gasteiger partial charge on any atom is 0.249 e. The first-order valence-corrected chi connectivity index (χ1v) is 4.56. The summed E-state index contributed by atoms with van der Waals surface area (Å²) in [6.45, 7) is 3.28. The molecule has 0 amide bonds. The van der Waals surface area contributed by atoms with Crippen LogP contribution >= 0.6 is 0 Å². The van der Waals surface area contributed by atoms with Gasteiger partial charge in [-0.1, -0.05) is 24.3 Å². The minimum absolute atomic E-state index is 0.0461. The third-order valence-electron chi connectivity index (χ3n) is 2.67. The van der Waals surface area contributed by atoms with Crippen molar-refractivity contribution in [2.75, 3.05) is 6.54 Å². The minimum atomic E-state index is -2.44. The van der Waals surface area contributed by atoms with Crippen molar-refractivity contribution < 1.29 is 8.78 Å². The van der Waals surface area contributed by atoms with Crippen LogP contribution in [0.3, 0.4) is 0 Å². The third kappa shape index (κ3) is 1.77. The Morgan fingerprint density at radius 2 is 1.93 bits per heavy atom. The molecule has 0 aliphatic rings. The van der Waals surface area contributed by atoms with E-state index in [1.807, 2.05) is 19.1 Å². The van der Waals surface area contributed by atoms with Crippen LogP contribution < -0.4 is 5.73 Å². The molecule has 2 N–H and O–H groups in total. The summed E-state index contributed by atoms with van der Waals surface area (Å²) in [5, 5.41) is 0. The third-order valence-corrected chi connectivity index (χ3v) is 2.67. The van der Waals surface area contributed by atoms with Gasteiger partial charge in [-0.15, -0.1) is 0 Å². The Kier molecular flexibility index (Phi) is 3.21. The molecule has 0 heterocycles. The van der Waals surface area contributed by atoms with Crippen LogP contribution in [0.1, 0.15) is 18.1 Å². The van der Waals surface area contributed by atoms with Crippen LogP contribution in [0.15, 0.2) is 24.3 Å². The number of halogens is 2. The Hall–Kier alpha value is -0.960. The average molecular weight is 199 g/mol. The van der Waals surface area contributed by atoms with E-state index in [0.717, 1.165) is 5.56 Å². The molecule has 1 unspecified atom stereocenters. The molecule has 3 heteroatoms. The average Bonchev–Trinajstić information content (AvgIpc) is 2.17. The zero-order chi connectivity index (χ0) is 10.8.